The van der Waals surface area contributed by atoms with Crippen molar-refractivity contribution < 1.29 is 9.59 Å². The van der Waals surface area contributed by atoms with Crippen LogP contribution in [0.1, 0.15) is 11.1 Å². The fourth-order valence-corrected chi connectivity index (χ4v) is 1.83. The molecule has 3 rings (SSSR count). The molecule has 0 aromatic heterocycles. The molecular formula is C25H22N2O2. The molecule has 0 radical (unpaired) electrons. The molecule has 0 spiro atoms. The molecule has 0 saturated heterocycles. The molecule has 144 valence electrons. The van der Waals surface area contributed by atoms with E-state index in [0.717, 1.165) is 5.56 Å². The van der Waals surface area contributed by atoms with Crippen LogP contribution in [0.15, 0.2) is 111 Å². The van der Waals surface area contributed by atoms with Gasteiger partial charge in [0.15, 0.2) is 0 Å². The Morgan fingerprint density at radius 1 is 0.862 bits per heavy atom. The Morgan fingerprint density at radius 2 is 1.34 bits per heavy atom. The SMILES string of the molecule is C=C=C=C.C=CC#N.C=Cc1ccccc1.O=C1C=C(c2ccccc2)C(=O)N1. The van der Waals surface area contributed by atoms with E-state index in [-0.39, 0.29) is 11.8 Å². The van der Waals surface area contributed by atoms with Crippen LogP contribution in [0.3, 0.4) is 0 Å². The number of nitrogens with zero attached hydrogens (tertiary/aromatic N) is 1. The minimum Gasteiger partial charge on any atom is -0.289 e. The number of nitrogens with one attached hydrogen (secondary N) is 1. The molecule has 4 nitrogen and oxygen atoms in total. The van der Waals surface area contributed by atoms with Gasteiger partial charge in [0.2, 0.25) is 0 Å². The van der Waals surface area contributed by atoms with Crippen LogP contribution in [0.5, 0.6) is 0 Å². The van der Waals surface area contributed by atoms with Gasteiger partial charge in [-0.3, -0.25) is 14.9 Å². The van der Waals surface area contributed by atoms with Gasteiger partial charge in [-0.05, 0) is 24.3 Å². The first-order chi connectivity index (χ1) is 14.0. The van der Waals surface area contributed by atoms with Crippen molar-refractivity contribution in [3.63, 3.8) is 0 Å². The number of allylic oxidation sites excluding steroid dienone is 1. The van der Waals surface area contributed by atoms with E-state index in [0.29, 0.717) is 5.57 Å². The van der Waals surface area contributed by atoms with Crippen LogP contribution < -0.4 is 5.32 Å². The highest BCUT2D eigenvalue weighted by molar-refractivity contribution is 6.33. The lowest BCUT2D eigenvalue weighted by Crippen LogP contribution is -2.21. The fourth-order valence-electron chi connectivity index (χ4n) is 1.83. The van der Waals surface area contributed by atoms with Crippen molar-refractivity contribution in [1.82, 2.24) is 5.32 Å². The molecule has 29 heavy (non-hydrogen) atoms. The van der Waals surface area contributed by atoms with Gasteiger partial charge < -0.3 is 0 Å². The summed E-state index contributed by atoms with van der Waals surface area (Å²) in [5.74, 6) is -0.667. The van der Waals surface area contributed by atoms with Crippen LogP contribution in [0.25, 0.3) is 11.6 Å². The third kappa shape index (κ3) is 11.0. The van der Waals surface area contributed by atoms with Crippen molar-refractivity contribution in [3.8, 4) is 6.07 Å². The Morgan fingerprint density at radius 3 is 1.66 bits per heavy atom. The first-order valence-electron chi connectivity index (χ1n) is 8.38. The maximum atomic E-state index is 11.2. The molecule has 4 heteroatoms. The Labute approximate surface area is 171 Å². The van der Waals surface area contributed by atoms with Gasteiger partial charge in [0.1, 0.15) is 0 Å². The summed E-state index contributed by atoms with van der Waals surface area (Å²) in [5.41, 5.74) is 7.02. The lowest BCUT2D eigenvalue weighted by Gasteiger charge is -1.97. The summed E-state index contributed by atoms with van der Waals surface area (Å²) in [7, 11) is 0. The summed E-state index contributed by atoms with van der Waals surface area (Å²) in [5, 5.41) is 9.70. The molecular weight excluding hydrogens is 360 g/mol. The zero-order valence-corrected chi connectivity index (χ0v) is 16.1. The second-order valence-electron chi connectivity index (χ2n) is 5.04. The number of amides is 2. The minimum absolute atomic E-state index is 0.323. The molecule has 0 atom stereocenters. The van der Waals surface area contributed by atoms with E-state index in [9.17, 15) is 9.59 Å². The van der Waals surface area contributed by atoms with Gasteiger partial charge in [-0.2, -0.15) is 5.26 Å². The summed E-state index contributed by atoms with van der Waals surface area (Å²) in [6.07, 6.45) is 4.33. The van der Waals surface area contributed by atoms with Crippen molar-refractivity contribution in [3.05, 3.63) is 122 Å². The molecule has 2 aromatic rings. The predicted molar refractivity (Wildman–Crippen MR) is 118 cm³/mol. The normalized spacial score (nSPS) is 10.2. The Balaban J connectivity index is 0.000000419. The number of carbonyl (C=O) groups is 2. The first-order valence-corrected chi connectivity index (χ1v) is 8.38. The average molecular weight is 382 g/mol. The predicted octanol–water partition coefficient (Wildman–Crippen LogP) is 4.86. The van der Waals surface area contributed by atoms with E-state index in [2.05, 4.69) is 43.1 Å². The second-order valence-corrected chi connectivity index (χ2v) is 5.04. The number of benzene rings is 2. The van der Waals surface area contributed by atoms with Gasteiger partial charge >= 0.3 is 0 Å². The molecule has 0 fully saturated rings. The van der Waals surface area contributed by atoms with E-state index in [1.165, 1.54) is 17.7 Å². The van der Waals surface area contributed by atoms with Gasteiger partial charge in [-0.15, -0.1) is 0 Å². The van der Waals surface area contributed by atoms with Gasteiger partial charge in [0.05, 0.1) is 11.6 Å². The largest absolute Gasteiger partial charge is 0.289 e. The second kappa shape index (κ2) is 15.8. The molecule has 0 aliphatic carbocycles. The standard InChI is InChI=1S/C10H7NO2.C8H8.C4H4.C3H3N/c12-9-6-8(10(13)11-9)7-4-2-1-3-5-7;1-2-8-6-4-3-5-7-8;1-3-4-2;1-2-3-4/h1-6H,(H,11,12,13);2-7H,1H2;1-2H2;2H,1H2. The van der Waals surface area contributed by atoms with Gasteiger partial charge in [-0.1, -0.05) is 91.4 Å². The van der Waals surface area contributed by atoms with Crippen LogP contribution in [-0.4, -0.2) is 11.8 Å². The molecule has 1 N–H and O–H groups in total. The van der Waals surface area contributed by atoms with Crippen molar-refractivity contribution in [2.45, 2.75) is 0 Å². The maximum absolute atomic E-state index is 11.2. The quantitative estimate of drug-likeness (QED) is 0.458. The summed E-state index contributed by atoms with van der Waals surface area (Å²) in [6.45, 7) is 13.1. The zero-order chi connectivity index (χ0) is 21.9. The van der Waals surface area contributed by atoms with E-state index >= 15 is 0 Å². The third-order valence-electron chi connectivity index (χ3n) is 3.09. The summed E-state index contributed by atoms with van der Waals surface area (Å²) in [6, 6.07) is 20.8. The number of carbonyl (C=O) groups excluding carboxylic acids is 2. The summed E-state index contributed by atoms with van der Waals surface area (Å²) in [4.78, 5) is 22.0. The smallest absolute Gasteiger partial charge is 0.258 e. The van der Waals surface area contributed by atoms with Crippen molar-refractivity contribution in [1.29, 1.82) is 5.26 Å². The fraction of sp³-hybridized carbons (Fsp3) is 0. The van der Waals surface area contributed by atoms with E-state index in [1.807, 2.05) is 54.6 Å². The van der Waals surface area contributed by atoms with Gasteiger partial charge in [0, 0.05) is 12.2 Å². The Kier molecular flexibility index (Phi) is 13.4. The Hall–Kier alpha value is -4.41. The molecule has 1 aliphatic heterocycles. The third-order valence-corrected chi connectivity index (χ3v) is 3.09. The van der Waals surface area contributed by atoms with Crippen molar-refractivity contribution in [2.24, 2.45) is 0 Å². The first kappa shape index (κ1) is 24.6. The molecule has 0 unspecified atom stereocenters. The molecule has 2 amide bonds. The average Bonchev–Trinajstić information content (AvgIpc) is 3.13. The number of nitriles is 1. The summed E-state index contributed by atoms with van der Waals surface area (Å²) >= 11 is 0. The lowest BCUT2D eigenvalue weighted by atomic mass is 10.1. The van der Waals surface area contributed by atoms with Crippen LogP contribution >= 0.6 is 0 Å². The van der Waals surface area contributed by atoms with E-state index < -0.39 is 0 Å². The number of hydrogen-bond donors (Lipinski definition) is 1. The number of hydrogen-bond acceptors (Lipinski definition) is 3. The minimum atomic E-state index is -0.344. The van der Waals surface area contributed by atoms with E-state index in [4.69, 9.17) is 5.26 Å². The van der Waals surface area contributed by atoms with Crippen LogP contribution in [0.2, 0.25) is 0 Å². The highest BCUT2D eigenvalue weighted by Crippen LogP contribution is 2.16. The van der Waals surface area contributed by atoms with Gasteiger partial charge in [-0.25, -0.2) is 0 Å². The molecule has 2 aromatic carbocycles. The topological polar surface area (TPSA) is 70.0 Å². The summed E-state index contributed by atoms with van der Waals surface area (Å²) < 4.78 is 0. The van der Waals surface area contributed by atoms with Gasteiger partial charge in [0.25, 0.3) is 11.8 Å². The zero-order valence-electron chi connectivity index (χ0n) is 16.1. The number of imide groups is 1. The van der Waals surface area contributed by atoms with E-state index in [1.54, 1.807) is 18.2 Å². The molecule has 0 saturated carbocycles. The van der Waals surface area contributed by atoms with Crippen LogP contribution in [-0.2, 0) is 9.59 Å². The maximum Gasteiger partial charge on any atom is 0.258 e. The molecule has 1 heterocycles. The number of rotatable bonds is 2. The lowest BCUT2D eigenvalue weighted by molar-refractivity contribution is -0.123. The molecule has 1 aliphatic rings. The highest BCUT2D eigenvalue weighted by atomic mass is 16.2. The monoisotopic (exact) mass is 382 g/mol. The highest BCUT2D eigenvalue weighted by Gasteiger charge is 2.21. The van der Waals surface area contributed by atoms with Crippen LogP contribution in [0.4, 0.5) is 0 Å². The molecule has 0 bridgehead atoms. The van der Waals surface area contributed by atoms with Crippen LogP contribution in [0, 0.1) is 11.3 Å². The van der Waals surface area contributed by atoms with Crippen molar-refractivity contribution in [2.75, 3.05) is 0 Å². The van der Waals surface area contributed by atoms with Crippen molar-refractivity contribution >= 4 is 23.5 Å². The Bertz CT molecular complexity index is 945.